The van der Waals surface area contributed by atoms with Gasteiger partial charge in [0.15, 0.2) is 0 Å². The molecular formula is C14H22N4O. The normalized spacial score (nSPS) is 19.3. The van der Waals surface area contributed by atoms with Gasteiger partial charge in [0, 0.05) is 19.6 Å². The van der Waals surface area contributed by atoms with E-state index in [1.54, 1.807) is 12.4 Å². The van der Waals surface area contributed by atoms with E-state index in [0.29, 0.717) is 17.4 Å². The Bertz CT molecular complexity index is 418. The van der Waals surface area contributed by atoms with Crippen LogP contribution >= 0.6 is 0 Å². The molecule has 1 fully saturated rings. The molecule has 1 unspecified atom stereocenters. The van der Waals surface area contributed by atoms with Gasteiger partial charge >= 0.3 is 0 Å². The number of nitrogens with one attached hydrogen (secondary N) is 1. The van der Waals surface area contributed by atoms with Gasteiger partial charge in [0.25, 0.3) is 5.91 Å². The minimum atomic E-state index is 0.00805. The molecule has 5 heteroatoms. The van der Waals surface area contributed by atoms with Crippen LogP contribution in [0.3, 0.4) is 0 Å². The van der Waals surface area contributed by atoms with Gasteiger partial charge in [0.2, 0.25) is 0 Å². The summed E-state index contributed by atoms with van der Waals surface area (Å²) in [7, 11) is 0. The third-order valence-electron chi connectivity index (χ3n) is 3.61. The Morgan fingerprint density at radius 3 is 2.89 bits per heavy atom. The van der Waals surface area contributed by atoms with Crippen molar-refractivity contribution >= 4 is 11.7 Å². The number of aromatic nitrogens is 2. The molecule has 1 atom stereocenters. The van der Waals surface area contributed by atoms with Crippen molar-refractivity contribution in [1.29, 1.82) is 0 Å². The largest absolute Gasteiger partial charge is 0.369 e. The number of hydrogen-bond acceptors (Lipinski definition) is 4. The molecule has 1 aliphatic rings. The number of anilines is 1. The smallest absolute Gasteiger partial charge is 0.274 e. The number of piperidine rings is 1. The molecule has 0 saturated carbocycles. The zero-order chi connectivity index (χ0) is 13.7. The van der Waals surface area contributed by atoms with Crippen LogP contribution in [0, 0.1) is 5.92 Å². The van der Waals surface area contributed by atoms with Crippen LogP contribution in [-0.2, 0) is 0 Å². The van der Waals surface area contributed by atoms with Gasteiger partial charge in [-0.25, -0.2) is 9.97 Å². The van der Waals surface area contributed by atoms with E-state index in [1.807, 2.05) is 11.8 Å². The maximum Gasteiger partial charge on any atom is 0.274 e. The predicted octanol–water partition coefficient (Wildman–Crippen LogP) is 2.17. The van der Waals surface area contributed by atoms with E-state index in [4.69, 9.17) is 0 Å². The molecule has 1 saturated heterocycles. The summed E-state index contributed by atoms with van der Waals surface area (Å²) < 4.78 is 0. The first-order chi connectivity index (χ1) is 9.24. The van der Waals surface area contributed by atoms with Gasteiger partial charge in [0.1, 0.15) is 11.5 Å². The zero-order valence-electron chi connectivity index (χ0n) is 11.7. The summed E-state index contributed by atoms with van der Waals surface area (Å²) in [5.74, 6) is 1.35. The van der Waals surface area contributed by atoms with Crippen molar-refractivity contribution in [2.75, 3.05) is 25.0 Å². The monoisotopic (exact) mass is 262 g/mol. The van der Waals surface area contributed by atoms with E-state index < -0.39 is 0 Å². The van der Waals surface area contributed by atoms with Crippen molar-refractivity contribution in [2.24, 2.45) is 5.92 Å². The standard InChI is InChI=1S/C14H22N4O/c1-3-11-6-5-7-18(10-11)14(19)12-8-17-13(9-16-12)15-4-2/h8-9,11H,3-7,10H2,1-2H3,(H,15,17). The molecule has 1 amide bonds. The van der Waals surface area contributed by atoms with Crippen molar-refractivity contribution in [2.45, 2.75) is 33.1 Å². The molecule has 0 radical (unpaired) electrons. The SMILES string of the molecule is CCNc1cnc(C(=O)N2CCCC(CC)C2)cn1. The van der Waals surface area contributed by atoms with Crippen molar-refractivity contribution < 1.29 is 4.79 Å². The Morgan fingerprint density at radius 2 is 2.26 bits per heavy atom. The lowest BCUT2D eigenvalue weighted by atomic mass is 9.95. The number of rotatable bonds is 4. The van der Waals surface area contributed by atoms with Crippen molar-refractivity contribution in [3.05, 3.63) is 18.1 Å². The van der Waals surface area contributed by atoms with Crippen LogP contribution in [0.5, 0.6) is 0 Å². The lowest BCUT2D eigenvalue weighted by Crippen LogP contribution is -2.40. The van der Waals surface area contributed by atoms with Gasteiger partial charge in [-0.15, -0.1) is 0 Å². The molecule has 1 aliphatic heterocycles. The Balaban J connectivity index is 2.02. The van der Waals surface area contributed by atoms with E-state index in [9.17, 15) is 4.79 Å². The molecule has 1 aromatic rings. The molecule has 0 aromatic carbocycles. The molecular weight excluding hydrogens is 240 g/mol. The number of amides is 1. The first kappa shape index (κ1) is 13.8. The second kappa shape index (κ2) is 6.50. The summed E-state index contributed by atoms with van der Waals surface area (Å²) in [5, 5.41) is 3.07. The van der Waals surface area contributed by atoms with E-state index in [-0.39, 0.29) is 5.91 Å². The highest BCUT2D eigenvalue weighted by Crippen LogP contribution is 2.20. The van der Waals surface area contributed by atoms with Crippen LogP contribution in [0.15, 0.2) is 12.4 Å². The summed E-state index contributed by atoms with van der Waals surface area (Å²) >= 11 is 0. The summed E-state index contributed by atoms with van der Waals surface area (Å²) in [4.78, 5) is 22.7. The number of carbonyl (C=O) groups is 1. The average Bonchev–Trinajstić information content (AvgIpc) is 2.48. The number of hydrogen-bond donors (Lipinski definition) is 1. The quantitative estimate of drug-likeness (QED) is 0.903. The number of likely N-dealkylation sites (tertiary alicyclic amines) is 1. The van der Waals surface area contributed by atoms with Gasteiger partial charge in [-0.1, -0.05) is 13.3 Å². The lowest BCUT2D eigenvalue weighted by Gasteiger charge is -2.32. The Labute approximate surface area is 114 Å². The maximum atomic E-state index is 12.3. The van der Waals surface area contributed by atoms with E-state index in [1.165, 1.54) is 6.42 Å². The van der Waals surface area contributed by atoms with Crippen LogP contribution < -0.4 is 5.32 Å². The molecule has 0 spiro atoms. The van der Waals surface area contributed by atoms with Gasteiger partial charge in [0.05, 0.1) is 12.4 Å². The number of nitrogens with zero attached hydrogens (tertiary/aromatic N) is 3. The molecule has 2 rings (SSSR count). The molecule has 19 heavy (non-hydrogen) atoms. The third kappa shape index (κ3) is 3.43. The molecule has 0 aliphatic carbocycles. The van der Waals surface area contributed by atoms with Gasteiger partial charge in [-0.3, -0.25) is 4.79 Å². The topological polar surface area (TPSA) is 58.1 Å². The van der Waals surface area contributed by atoms with Crippen LogP contribution in [0.4, 0.5) is 5.82 Å². The highest BCUT2D eigenvalue weighted by atomic mass is 16.2. The fourth-order valence-corrected chi connectivity index (χ4v) is 2.46. The van der Waals surface area contributed by atoms with E-state index in [0.717, 1.165) is 32.5 Å². The fraction of sp³-hybridized carbons (Fsp3) is 0.643. The Hall–Kier alpha value is -1.65. The summed E-state index contributed by atoms with van der Waals surface area (Å²) in [6.45, 7) is 6.67. The molecule has 1 N–H and O–H groups in total. The Kier molecular flexibility index (Phi) is 4.71. The highest BCUT2D eigenvalue weighted by Gasteiger charge is 2.24. The number of carbonyl (C=O) groups excluding carboxylic acids is 1. The average molecular weight is 262 g/mol. The minimum Gasteiger partial charge on any atom is -0.369 e. The maximum absolute atomic E-state index is 12.3. The molecule has 1 aromatic heterocycles. The highest BCUT2D eigenvalue weighted by molar-refractivity contribution is 5.92. The Morgan fingerprint density at radius 1 is 1.42 bits per heavy atom. The second-order valence-corrected chi connectivity index (χ2v) is 4.98. The van der Waals surface area contributed by atoms with Gasteiger partial charge in [-0.2, -0.15) is 0 Å². The van der Waals surface area contributed by atoms with Crippen LogP contribution in [0.1, 0.15) is 43.6 Å². The molecule has 0 bridgehead atoms. The van der Waals surface area contributed by atoms with Crippen molar-refractivity contribution in [3.8, 4) is 0 Å². The molecule has 5 nitrogen and oxygen atoms in total. The molecule has 2 heterocycles. The molecule has 104 valence electrons. The summed E-state index contributed by atoms with van der Waals surface area (Å²) in [5.41, 5.74) is 0.443. The first-order valence-electron chi connectivity index (χ1n) is 7.09. The fourth-order valence-electron chi connectivity index (χ4n) is 2.46. The van der Waals surface area contributed by atoms with Crippen molar-refractivity contribution in [1.82, 2.24) is 14.9 Å². The van der Waals surface area contributed by atoms with Crippen LogP contribution in [-0.4, -0.2) is 40.4 Å². The first-order valence-corrected chi connectivity index (χ1v) is 7.09. The van der Waals surface area contributed by atoms with E-state index in [2.05, 4.69) is 22.2 Å². The van der Waals surface area contributed by atoms with Crippen molar-refractivity contribution in [3.63, 3.8) is 0 Å². The summed E-state index contributed by atoms with van der Waals surface area (Å²) in [6.07, 6.45) is 6.64. The third-order valence-corrected chi connectivity index (χ3v) is 3.61. The minimum absolute atomic E-state index is 0.00805. The lowest BCUT2D eigenvalue weighted by molar-refractivity contribution is 0.0665. The predicted molar refractivity (Wildman–Crippen MR) is 75.1 cm³/mol. The van der Waals surface area contributed by atoms with Crippen LogP contribution in [0.2, 0.25) is 0 Å². The van der Waals surface area contributed by atoms with Crippen LogP contribution in [0.25, 0.3) is 0 Å². The second-order valence-electron chi connectivity index (χ2n) is 4.98. The van der Waals surface area contributed by atoms with Gasteiger partial charge in [-0.05, 0) is 25.7 Å². The van der Waals surface area contributed by atoms with E-state index >= 15 is 0 Å². The van der Waals surface area contributed by atoms with Gasteiger partial charge < -0.3 is 10.2 Å². The summed E-state index contributed by atoms with van der Waals surface area (Å²) in [6, 6.07) is 0. The zero-order valence-corrected chi connectivity index (χ0v) is 11.7.